The number of nitrogens with zero attached hydrogens (tertiary/aromatic N) is 5. The van der Waals surface area contributed by atoms with Crippen LogP contribution in [0, 0.1) is 0 Å². The van der Waals surface area contributed by atoms with Crippen LogP contribution >= 0.6 is 11.3 Å². The molecule has 4 amide bonds. The van der Waals surface area contributed by atoms with Gasteiger partial charge < -0.3 is 46.0 Å². The topological polar surface area (TPSA) is 301 Å². The lowest BCUT2D eigenvalue weighted by Crippen LogP contribution is -2.57. The van der Waals surface area contributed by atoms with E-state index >= 15 is 0 Å². The normalized spacial score (nSPS) is 30.1. The molecule has 1 aromatic heterocycles. The van der Waals surface area contributed by atoms with Gasteiger partial charge in [0.1, 0.15) is 24.4 Å². The van der Waals surface area contributed by atoms with E-state index in [1.54, 1.807) is 0 Å². The molecule has 21 nitrogen and oxygen atoms in total. The number of benzene rings is 1. The number of aliphatic carboxylic acids is 2. The second kappa shape index (κ2) is 12.1. The van der Waals surface area contributed by atoms with Gasteiger partial charge in [0.25, 0.3) is 23.6 Å². The van der Waals surface area contributed by atoms with Gasteiger partial charge in [0.05, 0.1) is 17.5 Å². The molecule has 5 atom stereocenters. The Hall–Kier alpha value is -5.87. The van der Waals surface area contributed by atoms with E-state index in [1.165, 1.54) is 5.38 Å². The molecule has 2 aromatic rings. The van der Waals surface area contributed by atoms with Crippen LogP contribution in [0.2, 0.25) is 0 Å². The van der Waals surface area contributed by atoms with Crippen molar-refractivity contribution in [2.24, 2.45) is 5.16 Å². The van der Waals surface area contributed by atoms with Crippen molar-refractivity contribution in [2.75, 3.05) is 19.4 Å². The predicted molar refractivity (Wildman–Crippen MR) is 168 cm³/mol. The number of oxime groups is 1. The molecule has 0 radical (unpaired) electrons. The number of phenolic OH excluding ortho intramolecular Hbond substituents is 2. The Labute approximate surface area is 295 Å². The summed E-state index contributed by atoms with van der Waals surface area (Å²) in [7, 11) is 1.89. The summed E-state index contributed by atoms with van der Waals surface area (Å²) in [5, 5.41) is 47.9. The molecule has 0 spiro atoms. The first-order valence-electron chi connectivity index (χ1n) is 15.7. The summed E-state index contributed by atoms with van der Waals surface area (Å²) in [6.07, 6.45) is 0.671. The number of nitrogens with two attached hydrogens (primary N) is 1. The van der Waals surface area contributed by atoms with Crippen LogP contribution in [-0.4, -0.2) is 137 Å². The summed E-state index contributed by atoms with van der Waals surface area (Å²) in [5.74, 6) is -10.6. The number of carboxylic acids is 2. The van der Waals surface area contributed by atoms with Gasteiger partial charge in [-0.15, -0.1) is 11.3 Å². The number of carboxylic acid groups (broad SMARTS) is 2. The fourth-order valence-electron chi connectivity index (χ4n) is 7.21. The Morgan fingerprint density at radius 2 is 1.63 bits per heavy atom. The summed E-state index contributed by atoms with van der Waals surface area (Å²) in [6, 6.07) is -2.10. The molecular weight excluding hydrogens is 714 g/mol. The van der Waals surface area contributed by atoms with Crippen molar-refractivity contribution in [3.63, 3.8) is 0 Å². The lowest BCUT2D eigenvalue weighted by molar-refractivity contribution is -0.256. The Bertz CT molecular complexity index is 1950. The predicted octanol–water partition coefficient (Wildman–Crippen LogP) is -1.41. The van der Waals surface area contributed by atoms with Gasteiger partial charge in [-0.25, -0.2) is 19.4 Å². The smallest absolute Gasteiger partial charge is 0.372 e. The molecule has 22 heteroatoms. The van der Waals surface area contributed by atoms with E-state index in [4.69, 9.17) is 20.1 Å². The highest BCUT2D eigenvalue weighted by atomic mass is 32.1. The molecule has 4 fully saturated rings. The zero-order valence-electron chi connectivity index (χ0n) is 26.9. The maximum Gasteiger partial charge on any atom is 0.372 e. The standard InChI is InChI=1S/C30H29N7O14S/c1-35-11-2-3-12(35)7-29(6-11,26(45)46)51-34-20(16-10-52-28(31)33-16)21(40)32-15-9-49-37(24(15)43)30(27(47)48)8-17(25(44)50-30)36-22(41)13-4-18(38)19(39)5-14(13)23(36)42/h4-5,10-12,15,17,38-39H,2-3,6-9H2,1H3,(H2,31,33)(H,32,40)(H,45,46)(H,47,48)/b34-20-/t11?,12?,15-,17?,29?,30?/m0/s1. The number of nitrogen functional groups attached to an aromatic ring is 1. The van der Waals surface area contributed by atoms with Crippen LogP contribution in [0.1, 0.15) is 58.5 Å². The lowest BCUT2D eigenvalue weighted by atomic mass is 9.86. The van der Waals surface area contributed by atoms with Crippen LogP contribution in [0.5, 0.6) is 11.5 Å². The number of imide groups is 1. The maximum atomic E-state index is 13.6. The highest BCUT2D eigenvalue weighted by Crippen LogP contribution is 2.43. The Morgan fingerprint density at radius 3 is 2.17 bits per heavy atom. The van der Waals surface area contributed by atoms with Gasteiger partial charge in [-0.2, -0.15) is 5.06 Å². The van der Waals surface area contributed by atoms with Crippen LogP contribution in [-0.2, 0) is 38.4 Å². The molecule has 5 aliphatic rings. The number of carbonyl (C=O) groups excluding carboxylic acids is 5. The molecule has 7 N–H and O–H groups in total. The minimum Gasteiger partial charge on any atom is -0.504 e. The number of piperidine rings is 1. The van der Waals surface area contributed by atoms with Crippen molar-refractivity contribution >= 4 is 63.7 Å². The number of cyclic esters (lactones) is 1. The number of aromatic nitrogens is 1. The first-order valence-corrected chi connectivity index (χ1v) is 16.6. The van der Waals surface area contributed by atoms with E-state index in [2.05, 4.69) is 20.4 Å². The Kier molecular flexibility index (Phi) is 8.06. The molecule has 6 heterocycles. The van der Waals surface area contributed by atoms with Crippen LogP contribution < -0.4 is 11.1 Å². The number of amides is 4. The van der Waals surface area contributed by atoms with Crippen molar-refractivity contribution in [3.8, 4) is 11.5 Å². The summed E-state index contributed by atoms with van der Waals surface area (Å²) in [6.45, 7) is -0.685. The Morgan fingerprint density at radius 1 is 1.02 bits per heavy atom. The summed E-state index contributed by atoms with van der Waals surface area (Å²) in [5.41, 5.74) is -0.337. The Balaban J connectivity index is 1.11. The van der Waals surface area contributed by atoms with Crippen molar-refractivity contribution in [2.45, 2.75) is 67.6 Å². The fraction of sp³-hybridized carbons (Fsp3) is 0.433. The monoisotopic (exact) mass is 743 g/mol. The van der Waals surface area contributed by atoms with Gasteiger partial charge >= 0.3 is 23.6 Å². The molecule has 52 heavy (non-hydrogen) atoms. The van der Waals surface area contributed by atoms with E-state index < -0.39 is 95.2 Å². The third-order valence-electron chi connectivity index (χ3n) is 9.97. The highest BCUT2D eigenvalue weighted by Gasteiger charge is 2.65. The minimum atomic E-state index is -2.91. The van der Waals surface area contributed by atoms with Crippen LogP contribution in [0.4, 0.5) is 5.13 Å². The molecule has 0 aliphatic carbocycles. The van der Waals surface area contributed by atoms with Crippen molar-refractivity contribution < 1.29 is 68.4 Å². The number of carbonyl (C=O) groups is 7. The van der Waals surface area contributed by atoms with Gasteiger partial charge in [0.15, 0.2) is 22.3 Å². The number of ether oxygens (including phenoxy) is 1. The van der Waals surface area contributed by atoms with E-state index in [-0.39, 0.29) is 51.9 Å². The fourth-order valence-corrected chi connectivity index (χ4v) is 7.76. The van der Waals surface area contributed by atoms with Crippen molar-refractivity contribution in [1.29, 1.82) is 0 Å². The van der Waals surface area contributed by atoms with Crippen molar-refractivity contribution in [3.05, 3.63) is 34.3 Å². The van der Waals surface area contributed by atoms with E-state index in [0.717, 1.165) is 36.3 Å². The number of aromatic hydroxyl groups is 2. The molecule has 274 valence electrons. The van der Waals surface area contributed by atoms with Crippen molar-refractivity contribution in [1.82, 2.24) is 25.2 Å². The number of nitrogens with one attached hydrogen (secondary N) is 1. The average Bonchev–Trinajstić information content (AvgIpc) is 3.86. The van der Waals surface area contributed by atoms with Gasteiger partial charge in [-0.1, -0.05) is 5.16 Å². The van der Waals surface area contributed by atoms with E-state index in [0.29, 0.717) is 4.90 Å². The molecule has 2 bridgehead atoms. The number of hydrogen-bond acceptors (Lipinski definition) is 17. The van der Waals surface area contributed by atoms with Crippen LogP contribution in [0.15, 0.2) is 22.7 Å². The molecule has 4 saturated heterocycles. The third-order valence-corrected chi connectivity index (χ3v) is 10.6. The molecule has 1 aromatic carbocycles. The zero-order valence-corrected chi connectivity index (χ0v) is 27.7. The van der Waals surface area contributed by atoms with E-state index in [9.17, 15) is 54.0 Å². The lowest BCUT2D eigenvalue weighted by Gasteiger charge is -2.40. The average molecular weight is 744 g/mol. The number of hydroxylamine groups is 2. The number of rotatable bonds is 9. The first-order chi connectivity index (χ1) is 24.6. The highest BCUT2D eigenvalue weighted by molar-refractivity contribution is 7.13. The van der Waals surface area contributed by atoms with E-state index in [1.807, 2.05) is 7.05 Å². The molecule has 4 unspecified atom stereocenters. The second-order valence-electron chi connectivity index (χ2n) is 12.9. The summed E-state index contributed by atoms with van der Waals surface area (Å²) in [4.78, 5) is 109. The molecule has 5 aliphatic heterocycles. The number of fused-ring (bicyclic) bond motifs is 3. The first kappa shape index (κ1) is 34.6. The van der Waals surface area contributed by atoms with Gasteiger partial charge in [0, 0.05) is 30.3 Å². The zero-order chi connectivity index (χ0) is 37.4. The largest absolute Gasteiger partial charge is 0.504 e. The number of esters is 1. The summed E-state index contributed by atoms with van der Waals surface area (Å²) < 4.78 is 5.13. The van der Waals surface area contributed by atoms with Crippen LogP contribution in [0.3, 0.4) is 0 Å². The molecule has 0 saturated carbocycles. The molecular formula is C30H29N7O14S. The number of hydrogen-bond donors (Lipinski definition) is 6. The summed E-state index contributed by atoms with van der Waals surface area (Å²) >= 11 is 0.937. The number of phenols is 2. The third kappa shape index (κ3) is 5.24. The minimum absolute atomic E-state index is 0.0277. The quantitative estimate of drug-likeness (QED) is 0.0565. The second-order valence-corrected chi connectivity index (χ2v) is 13.8. The SMILES string of the molecule is CN1C2CCC1CC(O/N=C(\C(=O)N[C@H]1CON(C3(C(=O)O)CC(N4C(=O)c5cc(O)c(O)cc5C4=O)C(=O)O3)C1=O)c1csc(N)n1)(C(=O)O)C2. The van der Waals surface area contributed by atoms with Crippen LogP contribution in [0.25, 0.3) is 0 Å². The number of thiazole rings is 1. The van der Waals surface area contributed by atoms with Gasteiger partial charge in [0.2, 0.25) is 5.60 Å². The van der Waals surface area contributed by atoms with Gasteiger partial charge in [-0.05, 0) is 32.0 Å². The maximum absolute atomic E-state index is 13.6. The van der Waals surface area contributed by atoms with Gasteiger partial charge in [-0.3, -0.25) is 28.9 Å². The number of anilines is 1. The molecule has 7 rings (SSSR count).